The summed E-state index contributed by atoms with van der Waals surface area (Å²) >= 11 is 6.04. The number of halogens is 2. The van der Waals surface area contributed by atoms with Crippen molar-refractivity contribution < 1.29 is 13.9 Å². The van der Waals surface area contributed by atoms with Gasteiger partial charge >= 0.3 is 5.97 Å². The molecule has 1 aromatic carbocycles. The fraction of sp³-hybridized carbons (Fsp3) is 0.533. The third-order valence-electron chi connectivity index (χ3n) is 3.53. The van der Waals surface area contributed by atoms with Crippen LogP contribution in [-0.4, -0.2) is 30.6 Å². The highest BCUT2D eigenvalue weighted by molar-refractivity contribution is 6.31. The van der Waals surface area contributed by atoms with E-state index in [2.05, 4.69) is 4.90 Å². The summed E-state index contributed by atoms with van der Waals surface area (Å²) in [5, 5.41) is 0.434. The molecule has 0 aliphatic carbocycles. The van der Waals surface area contributed by atoms with E-state index in [1.54, 1.807) is 6.07 Å². The lowest BCUT2D eigenvalue weighted by Gasteiger charge is -2.31. The molecule has 20 heavy (non-hydrogen) atoms. The summed E-state index contributed by atoms with van der Waals surface area (Å²) in [6, 6.07) is 4.43. The minimum absolute atomic E-state index is 0.0667. The van der Waals surface area contributed by atoms with Gasteiger partial charge < -0.3 is 4.74 Å². The van der Waals surface area contributed by atoms with Crippen molar-refractivity contribution in [3.8, 4) is 0 Å². The van der Waals surface area contributed by atoms with Crippen LogP contribution in [0.2, 0.25) is 5.02 Å². The Hall–Kier alpha value is -1.13. The first-order valence-corrected chi connectivity index (χ1v) is 7.31. The first kappa shape index (κ1) is 15.3. The Morgan fingerprint density at radius 2 is 2.35 bits per heavy atom. The second-order valence-corrected chi connectivity index (χ2v) is 5.47. The van der Waals surface area contributed by atoms with Gasteiger partial charge in [-0.15, -0.1) is 0 Å². The number of carbonyl (C=O) groups is 1. The van der Waals surface area contributed by atoms with E-state index in [1.165, 1.54) is 12.1 Å². The summed E-state index contributed by atoms with van der Waals surface area (Å²) in [5.74, 6) is -0.521. The molecule has 110 valence electrons. The van der Waals surface area contributed by atoms with Crippen LogP contribution in [0.1, 0.15) is 25.3 Å². The van der Waals surface area contributed by atoms with Crippen LogP contribution in [0.15, 0.2) is 18.2 Å². The summed E-state index contributed by atoms with van der Waals surface area (Å²) in [6.07, 6.45) is 1.83. The molecule has 1 heterocycles. The van der Waals surface area contributed by atoms with Gasteiger partial charge in [0.1, 0.15) is 5.82 Å². The van der Waals surface area contributed by atoms with Crippen molar-refractivity contribution in [3.63, 3.8) is 0 Å². The normalized spacial score (nSPS) is 19.9. The topological polar surface area (TPSA) is 29.5 Å². The van der Waals surface area contributed by atoms with Crippen LogP contribution in [-0.2, 0) is 16.1 Å². The molecular weight excluding hydrogens is 281 g/mol. The van der Waals surface area contributed by atoms with E-state index in [1.807, 2.05) is 6.92 Å². The Kier molecular flexibility index (Phi) is 5.38. The average Bonchev–Trinajstić information content (AvgIpc) is 2.43. The molecule has 3 nitrogen and oxygen atoms in total. The number of benzene rings is 1. The third kappa shape index (κ3) is 3.93. The smallest absolute Gasteiger partial charge is 0.310 e. The SMILES string of the molecule is CCOC(=O)C1CCCN(Cc2ccc(F)cc2Cl)C1. The van der Waals surface area contributed by atoms with Crippen LogP contribution in [0, 0.1) is 11.7 Å². The Morgan fingerprint density at radius 3 is 3.05 bits per heavy atom. The number of piperidine rings is 1. The number of esters is 1. The van der Waals surface area contributed by atoms with Crippen LogP contribution in [0.4, 0.5) is 4.39 Å². The number of hydrogen-bond acceptors (Lipinski definition) is 3. The molecule has 1 fully saturated rings. The van der Waals surface area contributed by atoms with E-state index in [4.69, 9.17) is 16.3 Å². The standard InChI is InChI=1S/C15H19ClFNO2/c1-2-20-15(19)12-4-3-7-18(10-12)9-11-5-6-13(17)8-14(11)16/h5-6,8,12H,2-4,7,9-10H2,1H3. The van der Waals surface area contributed by atoms with E-state index < -0.39 is 0 Å². The largest absolute Gasteiger partial charge is 0.466 e. The highest BCUT2D eigenvalue weighted by Gasteiger charge is 2.27. The summed E-state index contributed by atoms with van der Waals surface area (Å²) in [7, 11) is 0. The van der Waals surface area contributed by atoms with Crippen molar-refractivity contribution in [2.24, 2.45) is 5.92 Å². The predicted octanol–water partition coefficient (Wildman–Crippen LogP) is 3.25. The van der Waals surface area contributed by atoms with Crippen LogP contribution in [0.5, 0.6) is 0 Å². The average molecular weight is 300 g/mol. The lowest BCUT2D eigenvalue weighted by molar-refractivity contribution is -0.150. The Balaban J connectivity index is 1.97. The quantitative estimate of drug-likeness (QED) is 0.799. The number of carbonyl (C=O) groups excluding carboxylic acids is 1. The fourth-order valence-electron chi connectivity index (χ4n) is 2.54. The zero-order valence-corrected chi connectivity index (χ0v) is 12.3. The predicted molar refractivity (Wildman–Crippen MR) is 76.0 cm³/mol. The van der Waals surface area contributed by atoms with Gasteiger partial charge in [0.05, 0.1) is 12.5 Å². The maximum absolute atomic E-state index is 13.0. The maximum Gasteiger partial charge on any atom is 0.310 e. The number of rotatable bonds is 4. The second-order valence-electron chi connectivity index (χ2n) is 5.06. The van der Waals surface area contributed by atoms with E-state index in [0.717, 1.165) is 24.9 Å². The van der Waals surface area contributed by atoms with Gasteiger partial charge in [0.25, 0.3) is 0 Å². The third-order valence-corrected chi connectivity index (χ3v) is 3.89. The monoisotopic (exact) mass is 299 g/mol. The van der Waals surface area contributed by atoms with Crippen molar-refractivity contribution in [1.29, 1.82) is 0 Å². The van der Waals surface area contributed by atoms with Crippen molar-refractivity contribution in [2.75, 3.05) is 19.7 Å². The molecule has 1 aromatic rings. The minimum Gasteiger partial charge on any atom is -0.466 e. The number of hydrogen-bond donors (Lipinski definition) is 0. The van der Waals surface area contributed by atoms with E-state index in [-0.39, 0.29) is 17.7 Å². The van der Waals surface area contributed by atoms with Gasteiger partial charge in [-0.3, -0.25) is 9.69 Å². The van der Waals surface area contributed by atoms with Crippen molar-refractivity contribution in [2.45, 2.75) is 26.3 Å². The Bertz CT molecular complexity index is 481. The van der Waals surface area contributed by atoms with Crippen LogP contribution >= 0.6 is 11.6 Å². The Labute approximate surface area is 123 Å². The van der Waals surface area contributed by atoms with Gasteiger partial charge in [0.15, 0.2) is 0 Å². The maximum atomic E-state index is 13.0. The highest BCUT2D eigenvalue weighted by atomic mass is 35.5. The van der Waals surface area contributed by atoms with Gasteiger partial charge in [0, 0.05) is 18.1 Å². The van der Waals surface area contributed by atoms with Crippen molar-refractivity contribution in [3.05, 3.63) is 34.6 Å². The first-order valence-electron chi connectivity index (χ1n) is 6.93. The van der Waals surface area contributed by atoms with Gasteiger partial charge in [-0.05, 0) is 44.0 Å². The molecule has 0 N–H and O–H groups in total. The van der Waals surface area contributed by atoms with Gasteiger partial charge in [-0.2, -0.15) is 0 Å². The molecule has 0 aromatic heterocycles. The molecular formula is C15H19ClFNO2. The minimum atomic E-state index is -0.332. The fourth-order valence-corrected chi connectivity index (χ4v) is 2.77. The lowest BCUT2D eigenvalue weighted by atomic mass is 9.97. The van der Waals surface area contributed by atoms with Crippen molar-refractivity contribution in [1.82, 2.24) is 4.90 Å². The highest BCUT2D eigenvalue weighted by Crippen LogP contribution is 2.23. The number of ether oxygens (including phenoxy) is 1. The van der Waals surface area contributed by atoms with E-state index in [9.17, 15) is 9.18 Å². The number of nitrogens with zero attached hydrogens (tertiary/aromatic N) is 1. The molecule has 0 saturated carbocycles. The first-order chi connectivity index (χ1) is 9.60. The van der Waals surface area contributed by atoms with E-state index in [0.29, 0.717) is 24.7 Å². The molecule has 1 saturated heterocycles. The molecule has 1 aliphatic heterocycles. The van der Waals surface area contributed by atoms with Crippen LogP contribution in [0.3, 0.4) is 0 Å². The molecule has 1 unspecified atom stereocenters. The summed E-state index contributed by atoms with van der Waals surface area (Å²) < 4.78 is 18.1. The second kappa shape index (κ2) is 7.04. The van der Waals surface area contributed by atoms with E-state index >= 15 is 0 Å². The molecule has 1 aliphatic rings. The summed E-state index contributed by atoms with van der Waals surface area (Å²) in [4.78, 5) is 14.0. The zero-order chi connectivity index (χ0) is 14.5. The lowest BCUT2D eigenvalue weighted by Crippen LogP contribution is -2.39. The molecule has 0 amide bonds. The molecule has 0 spiro atoms. The van der Waals surface area contributed by atoms with Crippen LogP contribution < -0.4 is 0 Å². The summed E-state index contributed by atoms with van der Waals surface area (Å²) in [6.45, 7) is 4.46. The van der Waals surface area contributed by atoms with Crippen molar-refractivity contribution >= 4 is 17.6 Å². The molecule has 0 bridgehead atoms. The van der Waals surface area contributed by atoms with Gasteiger partial charge in [-0.25, -0.2) is 4.39 Å². The molecule has 1 atom stereocenters. The summed E-state index contributed by atoms with van der Waals surface area (Å²) in [5.41, 5.74) is 0.887. The molecule has 2 rings (SSSR count). The van der Waals surface area contributed by atoms with Gasteiger partial charge in [0.2, 0.25) is 0 Å². The van der Waals surface area contributed by atoms with Crippen LogP contribution in [0.25, 0.3) is 0 Å². The zero-order valence-electron chi connectivity index (χ0n) is 11.6. The Morgan fingerprint density at radius 1 is 1.55 bits per heavy atom. The van der Waals surface area contributed by atoms with Gasteiger partial charge in [-0.1, -0.05) is 17.7 Å². The molecule has 0 radical (unpaired) electrons. The molecule has 5 heteroatoms. The number of likely N-dealkylation sites (tertiary alicyclic amines) is 1.